The first-order chi connectivity index (χ1) is 11.0. The number of phenolic OH excluding ortho intramolecular Hbond substituents is 1. The first kappa shape index (κ1) is 14.8. The number of nitrogens with one attached hydrogen (secondary N) is 1. The lowest BCUT2D eigenvalue weighted by molar-refractivity contribution is 0.102. The number of aromatic nitrogens is 2. The third kappa shape index (κ3) is 3.06. The minimum atomic E-state index is -0.485. The Labute approximate surface area is 132 Å². The Kier molecular flexibility index (Phi) is 3.80. The molecule has 5 nitrogen and oxygen atoms in total. The third-order valence-electron chi connectivity index (χ3n) is 3.32. The van der Waals surface area contributed by atoms with Crippen LogP contribution in [0.3, 0.4) is 0 Å². The van der Waals surface area contributed by atoms with E-state index in [1.54, 1.807) is 30.3 Å². The van der Waals surface area contributed by atoms with E-state index in [4.69, 9.17) is 0 Å². The van der Waals surface area contributed by atoms with Gasteiger partial charge in [0.1, 0.15) is 17.3 Å². The van der Waals surface area contributed by atoms with Crippen LogP contribution in [0.25, 0.3) is 5.69 Å². The average Bonchev–Trinajstić information content (AvgIpc) is 3.01. The van der Waals surface area contributed by atoms with Crippen molar-refractivity contribution in [1.29, 1.82) is 0 Å². The van der Waals surface area contributed by atoms with E-state index in [9.17, 15) is 14.3 Å². The number of hydrogen-bond acceptors (Lipinski definition) is 3. The third-order valence-corrected chi connectivity index (χ3v) is 3.32. The number of aryl methyl sites for hydroxylation is 1. The molecule has 6 heteroatoms. The molecule has 0 saturated heterocycles. The highest BCUT2D eigenvalue weighted by molar-refractivity contribution is 6.03. The summed E-state index contributed by atoms with van der Waals surface area (Å²) in [5, 5.41) is 16.4. The highest BCUT2D eigenvalue weighted by atomic mass is 19.1. The van der Waals surface area contributed by atoms with Gasteiger partial charge in [-0.1, -0.05) is 18.2 Å². The van der Waals surface area contributed by atoms with E-state index in [-0.39, 0.29) is 17.1 Å². The molecule has 1 aromatic heterocycles. The number of nitrogens with zero attached hydrogens (tertiary/aromatic N) is 2. The van der Waals surface area contributed by atoms with Crippen LogP contribution in [-0.4, -0.2) is 20.8 Å². The van der Waals surface area contributed by atoms with E-state index in [2.05, 4.69) is 10.4 Å². The first-order valence-corrected chi connectivity index (χ1v) is 6.96. The number of para-hydroxylation sites is 1. The molecule has 3 rings (SSSR count). The van der Waals surface area contributed by atoms with Gasteiger partial charge >= 0.3 is 0 Å². The SMILES string of the molecule is Cc1ccc(O)c(NC(=O)c2ccn(-c3ccccc3F)n2)c1. The van der Waals surface area contributed by atoms with Crippen molar-refractivity contribution < 1.29 is 14.3 Å². The van der Waals surface area contributed by atoms with Crippen LogP contribution in [0.4, 0.5) is 10.1 Å². The van der Waals surface area contributed by atoms with Gasteiger partial charge in [-0.2, -0.15) is 5.10 Å². The zero-order chi connectivity index (χ0) is 16.4. The van der Waals surface area contributed by atoms with Gasteiger partial charge in [-0.25, -0.2) is 9.07 Å². The van der Waals surface area contributed by atoms with E-state index in [1.807, 2.05) is 6.92 Å². The van der Waals surface area contributed by atoms with Crippen molar-refractivity contribution in [3.63, 3.8) is 0 Å². The van der Waals surface area contributed by atoms with Crippen molar-refractivity contribution in [1.82, 2.24) is 9.78 Å². The summed E-state index contributed by atoms with van der Waals surface area (Å²) in [5.74, 6) is -0.947. The van der Waals surface area contributed by atoms with E-state index in [0.717, 1.165) is 5.56 Å². The van der Waals surface area contributed by atoms with Crippen LogP contribution in [0.5, 0.6) is 5.75 Å². The monoisotopic (exact) mass is 311 g/mol. The molecule has 3 aromatic rings. The lowest BCUT2D eigenvalue weighted by atomic mass is 10.2. The summed E-state index contributed by atoms with van der Waals surface area (Å²) >= 11 is 0. The molecule has 0 saturated carbocycles. The van der Waals surface area contributed by atoms with Crippen molar-refractivity contribution in [2.75, 3.05) is 5.32 Å². The number of aromatic hydroxyl groups is 1. The molecule has 0 bridgehead atoms. The van der Waals surface area contributed by atoms with Gasteiger partial charge in [0, 0.05) is 6.20 Å². The quantitative estimate of drug-likeness (QED) is 0.729. The van der Waals surface area contributed by atoms with Crippen LogP contribution in [0.1, 0.15) is 16.1 Å². The van der Waals surface area contributed by atoms with Gasteiger partial charge in [-0.15, -0.1) is 0 Å². The first-order valence-electron chi connectivity index (χ1n) is 6.96. The summed E-state index contributed by atoms with van der Waals surface area (Å²) in [6.45, 7) is 1.85. The van der Waals surface area contributed by atoms with E-state index < -0.39 is 11.7 Å². The molecule has 0 aliphatic carbocycles. The van der Waals surface area contributed by atoms with Crippen molar-refractivity contribution >= 4 is 11.6 Å². The fraction of sp³-hybridized carbons (Fsp3) is 0.0588. The molecule has 23 heavy (non-hydrogen) atoms. The fourth-order valence-electron chi connectivity index (χ4n) is 2.15. The molecule has 1 amide bonds. The number of rotatable bonds is 3. The molecule has 0 unspecified atom stereocenters. The van der Waals surface area contributed by atoms with Gasteiger partial charge in [-0.05, 0) is 42.8 Å². The number of hydrogen-bond donors (Lipinski definition) is 2. The number of halogens is 1. The molecular weight excluding hydrogens is 297 g/mol. The molecular formula is C17H14FN3O2. The van der Waals surface area contributed by atoms with Gasteiger partial charge in [-0.3, -0.25) is 4.79 Å². The summed E-state index contributed by atoms with van der Waals surface area (Å²) in [6, 6.07) is 12.5. The Morgan fingerprint density at radius 1 is 1.22 bits per heavy atom. The number of amides is 1. The minimum absolute atomic E-state index is 0.0301. The Morgan fingerprint density at radius 2 is 2.00 bits per heavy atom. The second kappa shape index (κ2) is 5.92. The molecule has 0 radical (unpaired) electrons. The topological polar surface area (TPSA) is 67.2 Å². The lowest BCUT2D eigenvalue weighted by Gasteiger charge is -2.07. The zero-order valence-corrected chi connectivity index (χ0v) is 12.3. The molecule has 0 fully saturated rings. The predicted molar refractivity (Wildman–Crippen MR) is 84.3 cm³/mol. The van der Waals surface area contributed by atoms with E-state index in [1.165, 1.54) is 29.1 Å². The molecule has 0 spiro atoms. The predicted octanol–water partition coefficient (Wildman–Crippen LogP) is 3.28. The summed E-state index contributed by atoms with van der Waals surface area (Å²) in [6.07, 6.45) is 1.50. The van der Waals surface area contributed by atoms with Gasteiger partial charge < -0.3 is 10.4 Å². The van der Waals surface area contributed by atoms with Crippen molar-refractivity contribution in [3.8, 4) is 11.4 Å². The van der Waals surface area contributed by atoms with E-state index >= 15 is 0 Å². The molecule has 2 aromatic carbocycles. The molecule has 0 aliphatic heterocycles. The largest absolute Gasteiger partial charge is 0.506 e. The Balaban J connectivity index is 1.84. The molecule has 2 N–H and O–H groups in total. The van der Waals surface area contributed by atoms with Crippen LogP contribution >= 0.6 is 0 Å². The van der Waals surface area contributed by atoms with Crippen molar-refractivity contribution in [3.05, 3.63) is 71.8 Å². The highest BCUT2D eigenvalue weighted by Crippen LogP contribution is 2.24. The van der Waals surface area contributed by atoms with E-state index in [0.29, 0.717) is 5.69 Å². The van der Waals surface area contributed by atoms with Gasteiger partial charge in [0.2, 0.25) is 0 Å². The number of benzene rings is 2. The van der Waals surface area contributed by atoms with Crippen molar-refractivity contribution in [2.24, 2.45) is 0 Å². The Bertz CT molecular complexity index is 874. The van der Waals surface area contributed by atoms with Crippen LogP contribution in [0.2, 0.25) is 0 Å². The number of carbonyl (C=O) groups is 1. The average molecular weight is 311 g/mol. The highest BCUT2D eigenvalue weighted by Gasteiger charge is 2.13. The number of phenols is 1. The molecule has 0 aliphatic rings. The normalized spacial score (nSPS) is 10.5. The summed E-state index contributed by atoms with van der Waals surface area (Å²) in [7, 11) is 0. The zero-order valence-electron chi connectivity index (χ0n) is 12.3. The Hall–Kier alpha value is -3.15. The second-order valence-electron chi connectivity index (χ2n) is 5.07. The second-order valence-corrected chi connectivity index (χ2v) is 5.07. The van der Waals surface area contributed by atoms with Crippen LogP contribution in [-0.2, 0) is 0 Å². The summed E-state index contributed by atoms with van der Waals surface area (Å²) in [4.78, 5) is 12.2. The maximum atomic E-state index is 13.7. The maximum Gasteiger partial charge on any atom is 0.276 e. The summed E-state index contributed by atoms with van der Waals surface area (Å²) in [5.41, 5.74) is 1.57. The maximum absolute atomic E-state index is 13.7. The van der Waals surface area contributed by atoms with Crippen LogP contribution < -0.4 is 5.32 Å². The summed E-state index contributed by atoms with van der Waals surface area (Å²) < 4.78 is 15.0. The lowest BCUT2D eigenvalue weighted by Crippen LogP contribution is -2.13. The Morgan fingerprint density at radius 3 is 2.78 bits per heavy atom. The van der Waals surface area contributed by atoms with Gasteiger partial charge in [0.15, 0.2) is 5.69 Å². The van der Waals surface area contributed by atoms with Gasteiger partial charge in [0.05, 0.1) is 5.69 Å². The smallest absolute Gasteiger partial charge is 0.276 e. The molecule has 0 atom stereocenters. The molecule has 1 heterocycles. The van der Waals surface area contributed by atoms with Crippen molar-refractivity contribution in [2.45, 2.75) is 6.92 Å². The standard InChI is InChI=1S/C17H14FN3O2/c1-11-6-7-16(22)14(10-11)19-17(23)13-8-9-21(20-13)15-5-3-2-4-12(15)18/h2-10,22H,1H3,(H,19,23). The molecule has 116 valence electrons. The van der Waals surface area contributed by atoms with Crippen LogP contribution in [0, 0.1) is 12.7 Å². The minimum Gasteiger partial charge on any atom is -0.506 e. The number of anilines is 1. The fourth-order valence-corrected chi connectivity index (χ4v) is 2.15. The van der Waals surface area contributed by atoms with Crippen LogP contribution in [0.15, 0.2) is 54.7 Å². The number of carbonyl (C=O) groups excluding carboxylic acids is 1. The van der Waals surface area contributed by atoms with Gasteiger partial charge in [0.25, 0.3) is 5.91 Å².